The summed E-state index contributed by atoms with van der Waals surface area (Å²) < 4.78 is 10.6. The summed E-state index contributed by atoms with van der Waals surface area (Å²) >= 11 is 0. The van der Waals surface area contributed by atoms with Crippen molar-refractivity contribution in [2.75, 3.05) is 25.2 Å². The number of carbonyl (C=O) groups is 2. The summed E-state index contributed by atoms with van der Waals surface area (Å²) in [5.74, 6) is 1.22. The van der Waals surface area contributed by atoms with Gasteiger partial charge in [0.1, 0.15) is 0 Å². The highest BCUT2D eigenvalue weighted by Gasteiger charge is 2.13. The van der Waals surface area contributed by atoms with Crippen LogP contribution in [0.15, 0.2) is 48.5 Å². The molecule has 130 valence electrons. The van der Waals surface area contributed by atoms with Crippen LogP contribution in [-0.2, 0) is 11.2 Å². The number of amides is 3. The highest BCUT2D eigenvalue weighted by atomic mass is 16.7. The summed E-state index contributed by atoms with van der Waals surface area (Å²) in [6.45, 7) is 0.631. The molecule has 0 radical (unpaired) electrons. The van der Waals surface area contributed by atoms with Crippen LogP contribution in [-0.4, -0.2) is 31.8 Å². The minimum absolute atomic E-state index is 0.0835. The third-order valence-corrected chi connectivity index (χ3v) is 3.61. The monoisotopic (exact) mass is 341 g/mol. The third kappa shape index (κ3) is 4.87. The van der Waals surface area contributed by atoms with E-state index in [1.807, 2.05) is 36.4 Å². The van der Waals surface area contributed by atoms with Crippen molar-refractivity contribution >= 4 is 17.6 Å². The second-order valence-corrected chi connectivity index (χ2v) is 5.46. The molecule has 2 aromatic rings. The zero-order valence-corrected chi connectivity index (χ0v) is 13.6. The molecule has 3 N–H and O–H groups in total. The van der Waals surface area contributed by atoms with Gasteiger partial charge in [-0.3, -0.25) is 4.79 Å². The molecule has 1 aliphatic heterocycles. The van der Waals surface area contributed by atoms with E-state index in [1.165, 1.54) is 0 Å². The molecule has 0 aliphatic carbocycles. The lowest BCUT2D eigenvalue weighted by atomic mass is 10.1. The maximum atomic E-state index is 11.8. The van der Waals surface area contributed by atoms with Gasteiger partial charge >= 0.3 is 6.03 Å². The maximum Gasteiger partial charge on any atom is 0.319 e. The van der Waals surface area contributed by atoms with Gasteiger partial charge in [-0.05, 0) is 36.2 Å². The molecule has 2 aromatic carbocycles. The van der Waals surface area contributed by atoms with Crippen molar-refractivity contribution in [3.63, 3.8) is 0 Å². The van der Waals surface area contributed by atoms with E-state index in [4.69, 9.17) is 9.47 Å². The van der Waals surface area contributed by atoms with E-state index >= 15 is 0 Å². The molecule has 0 bridgehead atoms. The molecular weight excluding hydrogens is 322 g/mol. The third-order valence-electron chi connectivity index (χ3n) is 3.61. The first kappa shape index (κ1) is 16.6. The Morgan fingerprint density at radius 3 is 2.60 bits per heavy atom. The van der Waals surface area contributed by atoms with Gasteiger partial charge in [-0.15, -0.1) is 0 Å². The standard InChI is InChI=1S/C18H19N3O4/c22-17(11-20-18(23)21-14-4-2-1-3-5-14)19-9-8-13-6-7-15-16(10-13)25-12-24-15/h1-7,10H,8-9,11-12H2,(H,19,22)(H2,20,21,23). The van der Waals surface area contributed by atoms with Crippen LogP contribution in [0.5, 0.6) is 11.5 Å². The van der Waals surface area contributed by atoms with E-state index in [9.17, 15) is 9.59 Å². The summed E-state index contributed by atoms with van der Waals surface area (Å²) in [4.78, 5) is 23.5. The van der Waals surface area contributed by atoms with E-state index < -0.39 is 6.03 Å². The second-order valence-electron chi connectivity index (χ2n) is 5.46. The van der Waals surface area contributed by atoms with Crippen molar-refractivity contribution in [1.82, 2.24) is 10.6 Å². The van der Waals surface area contributed by atoms with Crippen molar-refractivity contribution in [1.29, 1.82) is 0 Å². The number of anilines is 1. The van der Waals surface area contributed by atoms with Crippen LogP contribution in [0.3, 0.4) is 0 Å². The number of benzene rings is 2. The molecule has 0 fully saturated rings. The molecule has 0 saturated carbocycles. The van der Waals surface area contributed by atoms with Crippen LogP contribution in [0.25, 0.3) is 0 Å². The molecule has 0 aromatic heterocycles. The molecule has 7 nitrogen and oxygen atoms in total. The van der Waals surface area contributed by atoms with E-state index in [2.05, 4.69) is 16.0 Å². The van der Waals surface area contributed by atoms with Crippen LogP contribution in [0.2, 0.25) is 0 Å². The van der Waals surface area contributed by atoms with Crippen LogP contribution < -0.4 is 25.4 Å². The van der Waals surface area contributed by atoms with Crippen LogP contribution in [0, 0.1) is 0 Å². The maximum absolute atomic E-state index is 11.8. The summed E-state index contributed by atoms with van der Waals surface area (Å²) in [6.07, 6.45) is 0.665. The van der Waals surface area contributed by atoms with E-state index in [-0.39, 0.29) is 19.2 Å². The first-order valence-electron chi connectivity index (χ1n) is 7.96. The Labute approximate surface area is 145 Å². The minimum atomic E-state index is -0.419. The summed E-state index contributed by atoms with van der Waals surface area (Å²) in [5, 5.41) is 7.93. The fraction of sp³-hybridized carbons (Fsp3) is 0.222. The number of nitrogens with one attached hydrogen (secondary N) is 3. The van der Waals surface area contributed by atoms with Crippen LogP contribution in [0.1, 0.15) is 5.56 Å². The number of hydrogen-bond donors (Lipinski definition) is 3. The number of carbonyl (C=O) groups excluding carboxylic acids is 2. The van der Waals surface area contributed by atoms with E-state index in [0.29, 0.717) is 18.7 Å². The van der Waals surface area contributed by atoms with Gasteiger partial charge in [-0.1, -0.05) is 24.3 Å². The normalized spacial score (nSPS) is 11.7. The van der Waals surface area contributed by atoms with Gasteiger partial charge in [-0.25, -0.2) is 4.79 Å². The van der Waals surface area contributed by atoms with Gasteiger partial charge in [0.15, 0.2) is 11.5 Å². The number of ether oxygens (including phenoxy) is 2. The number of fused-ring (bicyclic) bond motifs is 1. The zero-order valence-electron chi connectivity index (χ0n) is 13.6. The summed E-state index contributed by atoms with van der Waals surface area (Å²) in [6, 6.07) is 14.3. The smallest absolute Gasteiger partial charge is 0.319 e. The van der Waals surface area contributed by atoms with Gasteiger partial charge < -0.3 is 25.4 Å². The van der Waals surface area contributed by atoms with Gasteiger partial charge in [0, 0.05) is 12.2 Å². The predicted octanol–water partition coefficient (Wildman–Crippen LogP) is 1.90. The second kappa shape index (κ2) is 8.05. The Hall–Kier alpha value is -3.22. The van der Waals surface area contributed by atoms with Gasteiger partial charge in [0.25, 0.3) is 0 Å². The number of rotatable bonds is 6. The quantitative estimate of drug-likeness (QED) is 0.749. The highest BCUT2D eigenvalue weighted by molar-refractivity contribution is 5.92. The Morgan fingerprint density at radius 2 is 1.76 bits per heavy atom. The van der Waals surface area contributed by atoms with Crippen molar-refractivity contribution in [3.8, 4) is 11.5 Å². The lowest BCUT2D eigenvalue weighted by molar-refractivity contribution is -0.120. The molecule has 3 rings (SSSR count). The topological polar surface area (TPSA) is 88.7 Å². The Bertz CT molecular complexity index is 749. The van der Waals surface area contributed by atoms with Gasteiger partial charge in [-0.2, -0.15) is 0 Å². The van der Waals surface area contributed by atoms with E-state index in [0.717, 1.165) is 17.1 Å². The molecule has 3 amide bonds. The number of urea groups is 1. The van der Waals surface area contributed by atoms with Crippen LogP contribution in [0.4, 0.5) is 10.5 Å². The Kier molecular flexibility index (Phi) is 5.36. The predicted molar refractivity (Wildman–Crippen MR) is 92.7 cm³/mol. The van der Waals surface area contributed by atoms with E-state index in [1.54, 1.807) is 12.1 Å². The first-order chi connectivity index (χ1) is 12.2. The van der Waals surface area contributed by atoms with Crippen molar-refractivity contribution in [3.05, 3.63) is 54.1 Å². The number of hydrogen-bond acceptors (Lipinski definition) is 4. The largest absolute Gasteiger partial charge is 0.454 e. The van der Waals surface area contributed by atoms with Gasteiger partial charge in [0.2, 0.25) is 12.7 Å². The lowest BCUT2D eigenvalue weighted by Gasteiger charge is -2.08. The molecule has 25 heavy (non-hydrogen) atoms. The van der Waals surface area contributed by atoms with Crippen molar-refractivity contribution < 1.29 is 19.1 Å². The lowest BCUT2D eigenvalue weighted by Crippen LogP contribution is -2.39. The minimum Gasteiger partial charge on any atom is -0.454 e. The van der Waals surface area contributed by atoms with Gasteiger partial charge in [0.05, 0.1) is 6.54 Å². The first-order valence-corrected chi connectivity index (χ1v) is 7.96. The average molecular weight is 341 g/mol. The van der Waals surface area contributed by atoms with Crippen LogP contribution >= 0.6 is 0 Å². The summed E-state index contributed by atoms with van der Waals surface area (Å²) in [7, 11) is 0. The Balaban J connectivity index is 1.35. The molecular formula is C18H19N3O4. The number of para-hydroxylation sites is 1. The Morgan fingerprint density at radius 1 is 0.960 bits per heavy atom. The SMILES string of the molecule is O=C(CNC(=O)Nc1ccccc1)NCCc1ccc2c(c1)OCO2. The van der Waals surface area contributed by atoms with Crippen molar-refractivity contribution in [2.24, 2.45) is 0 Å². The molecule has 0 atom stereocenters. The summed E-state index contributed by atoms with van der Waals surface area (Å²) in [5.41, 5.74) is 1.71. The molecule has 0 unspecified atom stereocenters. The molecule has 1 aliphatic rings. The zero-order chi connectivity index (χ0) is 17.5. The molecule has 1 heterocycles. The fourth-order valence-electron chi connectivity index (χ4n) is 2.36. The fourth-order valence-corrected chi connectivity index (χ4v) is 2.36. The molecule has 0 saturated heterocycles. The van der Waals surface area contributed by atoms with Crippen molar-refractivity contribution in [2.45, 2.75) is 6.42 Å². The average Bonchev–Trinajstić information content (AvgIpc) is 3.09. The molecule has 7 heteroatoms. The molecule has 0 spiro atoms. The highest BCUT2D eigenvalue weighted by Crippen LogP contribution is 2.32.